The topological polar surface area (TPSA) is 51.6 Å². The predicted octanol–water partition coefficient (Wildman–Crippen LogP) is 17.0. The average Bonchev–Trinajstić information content (AvgIpc) is 3.18. The zero-order valence-electron chi connectivity index (χ0n) is 32.6. The maximum absolute atomic E-state index is 13.6. The molecule has 0 saturated heterocycles. The van der Waals surface area contributed by atoms with Crippen molar-refractivity contribution in [2.45, 2.75) is 37.1 Å². The summed E-state index contributed by atoms with van der Waals surface area (Å²) in [7, 11) is -10.7. The van der Waals surface area contributed by atoms with E-state index in [2.05, 4.69) is 19.9 Å². The summed E-state index contributed by atoms with van der Waals surface area (Å²) in [6, 6.07) is 11.4. The molecule has 6 rings (SSSR count). The van der Waals surface area contributed by atoms with E-state index in [-0.39, 0.29) is 55.0 Å². The number of aromatic nitrogens is 4. The molecule has 0 amide bonds. The number of hydrogen-bond donors (Lipinski definition) is 0. The van der Waals surface area contributed by atoms with Crippen molar-refractivity contribution >= 4 is 7.81 Å². The average molecular weight is 1250 g/mol. The first-order valence-corrected chi connectivity index (χ1v) is 19.1. The Morgan fingerprint density at radius 1 is 0.343 bits per heavy atom. The molecule has 0 fully saturated rings. The number of alkyl halides is 18. The first-order valence-electron chi connectivity index (χ1n) is 17.1. The van der Waals surface area contributed by atoms with Gasteiger partial charge in [0.05, 0.1) is 33.6 Å². The molecule has 0 N–H and O–H groups in total. The summed E-state index contributed by atoms with van der Waals surface area (Å²) >= 11 is 0. The molecule has 0 spiro atoms. The van der Waals surface area contributed by atoms with Crippen LogP contribution in [0.5, 0.6) is 0 Å². The van der Waals surface area contributed by atoms with Crippen molar-refractivity contribution in [1.29, 1.82) is 0 Å². The molecular formula is C38H16F26IrN4P. The molecule has 0 aliphatic carbocycles. The summed E-state index contributed by atoms with van der Waals surface area (Å²) in [6.07, 6.45) is -25.2. The Morgan fingerprint density at radius 2 is 0.614 bits per heavy atom. The van der Waals surface area contributed by atoms with Crippen molar-refractivity contribution in [2.24, 2.45) is 0 Å². The summed E-state index contributed by atoms with van der Waals surface area (Å²) < 4.78 is 310. The van der Waals surface area contributed by atoms with Crippen LogP contribution < -0.4 is 0 Å². The standard InChI is InChI=1S/2C13H5F7N.C12H6F6N2.F6P.Ir/c2*14-10-5-7(12(15,16)17)1-3-9(10)11-4-2-8(6-21-11)13(18,19)20;13-11(14,15)7-1-3-19-9(5-7)10-6-8(2-4-20-10)12(16,17)18;1-7(2,3,4,5)6;/h2*1-2,4-6H;1-6H;;/q2*-1;;-1;+3. The number of rotatable bonds is 3. The van der Waals surface area contributed by atoms with Gasteiger partial charge in [0.1, 0.15) is 0 Å². The number of halogens is 26. The Kier molecular flexibility index (Phi) is 17.8. The van der Waals surface area contributed by atoms with E-state index in [1.807, 2.05) is 12.1 Å². The van der Waals surface area contributed by atoms with Crippen LogP contribution in [0, 0.1) is 23.8 Å². The van der Waals surface area contributed by atoms with E-state index in [4.69, 9.17) is 0 Å². The fourth-order valence-corrected chi connectivity index (χ4v) is 4.57. The van der Waals surface area contributed by atoms with Gasteiger partial charge in [-0.1, -0.05) is 47.5 Å². The normalized spacial score (nSPS) is 13.4. The fraction of sp³-hybridized carbons (Fsp3) is 0.158. The molecule has 0 aliphatic heterocycles. The third-order valence-corrected chi connectivity index (χ3v) is 7.57. The van der Waals surface area contributed by atoms with Gasteiger partial charge in [0.2, 0.25) is 0 Å². The molecule has 0 radical (unpaired) electrons. The summed E-state index contributed by atoms with van der Waals surface area (Å²) in [5, 5.41) is 0. The van der Waals surface area contributed by atoms with Crippen LogP contribution >= 0.6 is 7.81 Å². The molecule has 4 nitrogen and oxygen atoms in total. The Morgan fingerprint density at radius 3 is 0.829 bits per heavy atom. The molecule has 0 bridgehead atoms. The van der Waals surface area contributed by atoms with Crippen LogP contribution in [0.15, 0.2) is 97.6 Å². The van der Waals surface area contributed by atoms with Gasteiger partial charge >= 0.3 is 90.2 Å². The van der Waals surface area contributed by atoms with E-state index in [1.54, 1.807) is 0 Å². The van der Waals surface area contributed by atoms with Gasteiger partial charge in [0, 0.05) is 36.4 Å². The Balaban J connectivity index is 0.000000334. The molecule has 6 aromatic rings. The number of hydrogen-bond acceptors (Lipinski definition) is 4. The quantitative estimate of drug-likeness (QED) is 0.101. The van der Waals surface area contributed by atoms with Crippen molar-refractivity contribution in [3.8, 4) is 33.9 Å². The van der Waals surface area contributed by atoms with Gasteiger partial charge in [-0.15, -0.1) is 24.3 Å². The molecule has 4 heterocycles. The number of benzene rings is 2. The van der Waals surface area contributed by atoms with Gasteiger partial charge in [0.15, 0.2) is 0 Å². The van der Waals surface area contributed by atoms with E-state index in [1.165, 1.54) is 0 Å². The van der Waals surface area contributed by atoms with Gasteiger partial charge in [0.25, 0.3) is 0 Å². The van der Waals surface area contributed by atoms with Crippen molar-refractivity contribution < 1.29 is 133 Å². The fourth-order valence-electron chi connectivity index (χ4n) is 4.57. The third-order valence-electron chi connectivity index (χ3n) is 7.57. The Labute approximate surface area is 386 Å². The van der Waals surface area contributed by atoms with E-state index in [9.17, 15) is 113 Å². The molecular weight excluding hydrogens is 1230 g/mol. The van der Waals surface area contributed by atoms with E-state index >= 15 is 0 Å². The minimum atomic E-state index is -10.7. The Bertz CT molecular complexity index is 2510. The van der Waals surface area contributed by atoms with Gasteiger partial charge in [-0.25, -0.2) is 0 Å². The minimum Gasteiger partial charge on any atom is -0.304 e. The number of nitrogens with zero attached hydrogens (tertiary/aromatic N) is 4. The van der Waals surface area contributed by atoms with Crippen LogP contribution in [0.25, 0.3) is 33.9 Å². The molecule has 2 aromatic carbocycles. The van der Waals surface area contributed by atoms with Crippen molar-refractivity contribution in [3.63, 3.8) is 0 Å². The van der Waals surface area contributed by atoms with Crippen molar-refractivity contribution in [3.05, 3.63) is 155 Å². The molecule has 0 unspecified atom stereocenters. The molecule has 384 valence electrons. The predicted molar refractivity (Wildman–Crippen MR) is 188 cm³/mol. The number of pyridine rings is 4. The monoisotopic (exact) mass is 1250 g/mol. The van der Waals surface area contributed by atoms with E-state index in [0.29, 0.717) is 48.8 Å². The first kappa shape index (κ1) is 60.4. The molecule has 0 atom stereocenters. The molecule has 32 heteroatoms. The summed E-state index contributed by atoms with van der Waals surface area (Å²) in [6.45, 7) is 0. The zero-order valence-corrected chi connectivity index (χ0v) is 35.9. The molecule has 0 saturated carbocycles. The van der Waals surface area contributed by atoms with Gasteiger partial charge in [-0.2, -0.15) is 79.0 Å². The van der Waals surface area contributed by atoms with Gasteiger partial charge in [-0.3, -0.25) is 18.7 Å². The van der Waals surface area contributed by atoms with Gasteiger partial charge in [-0.05, 0) is 46.8 Å². The van der Waals surface area contributed by atoms with Crippen LogP contribution in [-0.4, -0.2) is 19.9 Å². The third kappa shape index (κ3) is 20.0. The molecule has 70 heavy (non-hydrogen) atoms. The smallest absolute Gasteiger partial charge is 0.304 e. The second-order valence-electron chi connectivity index (χ2n) is 12.9. The van der Waals surface area contributed by atoms with E-state index < -0.39 is 101 Å². The summed E-state index contributed by atoms with van der Waals surface area (Å²) in [4.78, 5) is 14.0. The van der Waals surface area contributed by atoms with Crippen LogP contribution in [0.4, 0.5) is 113 Å². The molecule has 4 aromatic heterocycles. The first-order chi connectivity index (χ1) is 30.8. The van der Waals surface area contributed by atoms with Crippen LogP contribution in [-0.2, 0) is 57.2 Å². The summed E-state index contributed by atoms with van der Waals surface area (Å²) in [5.41, 5.74) is -8.46. The zero-order chi connectivity index (χ0) is 53.0. The van der Waals surface area contributed by atoms with Crippen LogP contribution in [0.2, 0.25) is 0 Å². The minimum absolute atomic E-state index is 0. The second kappa shape index (κ2) is 20.6. The van der Waals surface area contributed by atoms with Gasteiger partial charge < -0.3 is 9.97 Å². The van der Waals surface area contributed by atoms with Crippen molar-refractivity contribution in [2.75, 3.05) is 0 Å². The van der Waals surface area contributed by atoms with Crippen LogP contribution in [0.3, 0.4) is 0 Å². The summed E-state index contributed by atoms with van der Waals surface area (Å²) in [5.74, 6) is -2.53. The Hall–Kier alpha value is -5.70. The molecule has 0 aliphatic rings. The van der Waals surface area contributed by atoms with E-state index in [0.717, 1.165) is 36.7 Å². The van der Waals surface area contributed by atoms with Crippen molar-refractivity contribution in [1.82, 2.24) is 19.9 Å². The second-order valence-corrected chi connectivity index (χ2v) is 14.8. The van der Waals surface area contributed by atoms with Crippen LogP contribution in [0.1, 0.15) is 33.4 Å². The largest absolute Gasteiger partial charge is 3.00 e. The maximum Gasteiger partial charge on any atom is 3.00 e. The SMILES string of the molecule is FC(F)(F)c1ccnc(-c2cc(C(F)(F)F)ccn2)c1.F[P-](F)(F)(F)(F)F.Fc1cc(C(F)(F)F)c[c-]c1-c1ccc(C(F)(F)F)cn1.Fc1cc(C(F)(F)F)c[c-]c1-c1ccc(C(F)(F)F)cn1.[Ir+3]. The maximum atomic E-state index is 13.6.